The predicted octanol–water partition coefficient (Wildman–Crippen LogP) is 2.12. The van der Waals surface area contributed by atoms with Gasteiger partial charge in [-0.25, -0.2) is 13.2 Å². The van der Waals surface area contributed by atoms with Gasteiger partial charge in [0.25, 0.3) is 0 Å². The summed E-state index contributed by atoms with van der Waals surface area (Å²) in [4.78, 5) is 11.6. The summed E-state index contributed by atoms with van der Waals surface area (Å²) in [5, 5.41) is 8.16. The fourth-order valence-electron chi connectivity index (χ4n) is 3.30. The Labute approximate surface area is 146 Å². The van der Waals surface area contributed by atoms with Gasteiger partial charge >= 0.3 is 5.97 Å². The van der Waals surface area contributed by atoms with Crippen LogP contribution in [-0.2, 0) is 19.6 Å². The van der Waals surface area contributed by atoms with E-state index in [4.69, 9.17) is 9.84 Å². The molecule has 2 aliphatic heterocycles. The van der Waals surface area contributed by atoms with Crippen LogP contribution in [0.5, 0.6) is 0 Å². The summed E-state index contributed by atoms with van der Waals surface area (Å²) in [6.07, 6.45) is 2.47. The second-order valence-corrected chi connectivity index (χ2v) is 9.18. The Balaban J connectivity index is 1.78. The van der Waals surface area contributed by atoms with Crippen LogP contribution in [0.4, 0.5) is 0 Å². The Hall–Kier alpha value is -1.09. The predicted molar refractivity (Wildman–Crippen MR) is 91.6 cm³/mol. The van der Waals surface area contributed by atoms with Gasteiger partial charge in [0.15, 0.2) is 0 Å². The SMILES string of the molecule is O=C(O)COCC1CCCCN1S(=O)(=O)C1CSc2ccccc21. The van der Waals surface area contributed by atoms with Crippen molar-refractivity contribution >= 4 is 27.8 Å². The van der Waals surface area contributed by atoms with Crippen LogP contribution >= 0.6 is 11.8 Å². The molecule has 0 spiro atoms. The van der Waals surface area contributed by atoms with Crippen LogP contribution in [0.25, 0.3) is 0 Å². The summed E-state index contributed by atoms with van der Waals surface area (Å²) >= 11 is 1.58. The number of rotatable bonds is 6. The van der Waals surface area contributed by atoms with E-state index in [0.29, 0.717) is 18.7 Å². The van der Waals surface area contributed by atoms with E-state index < -0.39 is 27.8 Å². The minimum Gasteiger partial charge on any atom is -0.480 e. The topological polar surface area (TPSA) is 83.9 Å². The zero-order chi connectivity index (χ0) is 17.2. The molecular weight excluding hydrogens is 350 g/mol. The quantitative estimate of drug-likeness (QED) is 0.825. The molecule has 0 amide bonds. The van der Waals surface area contributed by atoms with Gasteiger partial charge in [0.1, 0.15) is 11.9 Å². The molecule has 1 fully saturated rings. The first-order valence-corrected chi connectivity index (χ1v) is 10.5. The molecule has 8 heteroatoms. The van der Waals surface area contributed by atoms with Crippen LogP contribution in [0, 0.1) is 0 Å². The summed E-state index contributed by atoms with van der Waals surface area (Å²) in [7, 11) is -3.49. The molecule has 1 saturated heterocycles. The Morgan fingerprint density at radius 3 is 2.92 bits per heavy atom. The number of hydrogen-bond acceptors (Lipinski definition) is 5. The lowest BCUT2D eigenvalue weighted by Crippen LogP contribution is -2.47. The lowest BCUT2D eigenvalue weighted by molar-refractivity contribution is -0.142. The number of aliphatic carboxylic acids is 1. The van der Waals surface area contributed by atoms with Gasteiger partial charge in [-0.2, -0.15) is 4.31 Å². The zero-order valence-electron chi connectivity index (χ0n) is 13.3. The fourth-order valence-corrected chi connectivity index (χ4v) is 7.15. The number of benzene rings is 1. The number of carboxylic acids is 1. The molecule has 0 bridgehead atoms. The normalized spacial score (nSPS) is 24.7. The number of fused-ring (bicyclic) bond motifs is 1. The monoisotopic (exact) mass is 371 g/mol. The number of carboxylic acid groups (broad SMARTS) is 1. The minimum absolute atomic E-state index is 0.132. The van der Waals surface area contributed by atoms with Crippen molar-refractivity contribution in [2.24, 2.45) is 0 Å². The van der Waals surface area contributed by atoms with E-state index in [1.165, 1.54) is 0 Å². The first-order chi connectivity index (χ1) is 11.5. The average molecular weight is 371 g/mol. The Morgan fingerprint density at radius 1 is 1.33 bits per heavy atom. The van der Waals surface area contributed by atoms with Crippen LogP contribution in [-0.4, -0.2) is 55.4 Å². The van der Waals surface area contributed by atoms with Crippen molar-refractivity contribution in [1.29, 1.82) is 0 Å². The highest BCUT2D eigenvalue weighted by Gasteiger charge is 2.41. The molecule has 132 valence electrons. The number of hydrogen-bond donors (Lipinski definition) is 1. The molecule has 1 N–H and O–H groups in total. The number of piperidine rings is 1. The van der Waals surface area contributed by atoms with E-state index in [-0.39, 0.29) is 12.6 Å². The molecule has 2 heterocycles. The van der Waals surface area contributed by atoms with Crippen molar-refractivity contribution in [3.8, 4) is 0 Å². The standard InChI is InChI=1S/C16H21NO5S2/c18-16(19)10-22-9-12-5-3-4-8-17(12)24(20,21)15-11-23-14-7-2-1-6-13(14)15/h1-2,6-7,12,15H,3-5,8-11H2,(H,18,19). The lowest BCUT2D eigenvalue weighted by atomic mass is 10.1. The molecule has 2 aliphatic rings. The number of carbonyl (C=O) groups is 1. The Kier molecular flexibility index (Phi) is 5.49. The minimum atomic E-state index is -3.49. The summed E-state index contributed by atoms with van der Waals surface area (Å²) in [5.41, 5.74) is 0.873. The summed E-state index contributed by atoms with van der Waals surface area (Å²) in [5.74, 6) is -0.512. The van der Waals surface area contributed by atoms with E-state index in [1.54, 1.807) is 16.1 Å². The van der Waals surface area contributed by atoms with Crippen LogP contribution in [0.3, 0.4) is 0 Å². The van der Waals surface area contributed by atoms with E-state index >= 15 is 0 Å². The van der Waals surface area contributed by atoms with Crippen LogP contribution < -0.4 is 0 Å². The second kappa shape index (κ2) is 7.43. The second-order valence-electron chi connectivity index (χ2n) is 6.05. The van der Waals surface area contributed by atoms with Crippen LogP contribution in [0.15, 0.2) is 29.2 Å². The third-order valence-corrected chi connectivity index (χ3v) is 8.12. The molecule has 3 rings (SSSR count). The smallest absolute Gasteiger partial charge is 0.329 e. The summed E-state index contributed by atoms with van der Waals surface area (Å²) in [6, 6.07) is 7.36. The van der Waals surface area contributed by atoms with Gasteiger partial charge in [-0.05, 0) is 24.5 Å². The molecular formula is C16H21NO5S2. The van der Waals surface area contributed by atoms with E-state index in [9.17, 15) is 13.2 Å². The number of nitrogens with zero attached hydrogens (tertiary/aromatic N) is 1. The number of thioether (sulfide) groups is 1. The highest BCUT2D eigenvalue weighted by atomic mass is 32.2. The van der Waals surface area contributed by atoms with E-state index in [0.717, 1.165) is 23.3 Å². The van der Waals surface area contributed by atoms with Crippen molar-refractivity contribution in [3.05, 3.63) is 29.8 Å². The fraction of sp³-hybridized carbons (Fsp3) is 0.562. The van der Waals surface area contributed by atoms with Crippen molar-refractivity contribution in [3.63, 3.8) is 0 Å². The molecule has 6 nitrogen and oxygen atoms in total. The Morgan fingerprint density at radius 2 is 2.12 bits per heavy atom. The molecule has 0 saturated carbocycles. The van der Waals surface area contributed by atoms with E-state index in [1.807, 2.05) is 24.3 Å². The van der Waals surface area contributed by atoms with Crippen molar-refractivity contribution in [2.75, 3.05) is 25.5 Å². The molecule has 2 atom stereocenters. The van der Waals surface area contributed by atoms with Gasteiger partial charge in [0.2, 0.25) is 10.0 Å². The van der Waals surface area contributed by atoms with Crippen molar-refractivity contribution in [2.45, 2.75) is 35.4 Å². The zero-order valence-corrected chi connectivity index (χ0v) is 14.9. The maximum Gasteiger partial charge on any atom is 0.329 e. The summed E-state index contributed by atoms with van der Waals surface area (Å²) < 4.78 is 33.1. The molecule has 24 heavy (non-hydrogen) atoms. The molecule has 0 radical (unpaired) electrons. The molecule has 1 aromatic rings. The maximum atomic E-state index is 13.2. The van der Waals surface area contributed by atoms with Gasteiger partial charge in [-0.15, -0.1) is 11.8 Å². The van der Waals surface area contributed by atoms with E-state index in [2.05, 4.69) is 0 Å². The first-order valence-electron chi connectivity index (χ1n) is 8.02. The van der Waals surface area contributed by atoms with Gasteiger partial charge in [-0.1, -0.05) is 24.6 Å². The molecule has 0 aliphatic carbocycles. The van der Waals surface area contributed by atoms with Crippen LogP contribution in [0.1, 0.15) is 30.1 Å². The number of sulfonamides is 1. The molecule has 1 aromatic carbocycles. The molecule has 0 aromatic heterocycles. The third kappa shape index (κ3) is 3.61. The molecule has 2 unspecified atom stereocenters. The maximum absolute atomic E-state index is 13.2. The highest BCUT2D eigenvalue weighted by molar-refractivity contribution is 8.01. The first kappa shape index (κ1) is 17.7. The Bertz CT molecular complexity index is 706. The van der Waals surface area contributed by atoms with Gasteiger partial charge in [0, 0.05) is 23.2 Å². The largest absolute Gasteiger partial charge is 0.480 e. The summed E-state index contributed by atoms with van der Waals surface area (Å²) in [6.45, 7) is 0.215. The third-order valence-electron chi connectivity index (χ3n) is 4.45. The van der Waals surface area contributed by atoms with Crippen molar-refractivity contribution in [1.82, 2.24) is 4.31 Å². The highest BCUT2D eigenvalue weighted by Crippen LogP contribution is 2.44. The van der Waals surface area contributed by atoms with Gasteiger partial charge in [0.05, 0.1) is 6.61 Å². The lowest BCUT2D eigenvalue weighted by Gasteiger charge is -2.36. The average Bonchev–Trinajstić information content (AvgIpc) is 2.99. The number of ether oxygens (including phenoxy) is 1. The van der Waals surface area contributed by atoms with Gasteiger partial charge in [-0.3, -0.25) is 0 Å². The van der Waals surface area contributed by atoms with Crippen molar-refractivity contribution < 1.29 is 23.1 Å². The van der Waals surface area contributed by atoms with Gasteiger partial charge < -0.3 is 9.84 Å². The van der Waals surface area contributed by atoms with Crippen LogP contribution in [0.2, 0.25) is 0 Å².